The summed E-state index contributed by atoms with van der Waals surface area (Å²) in [5, 5.41) is 10.7. The molecule has 0 aliphatic rings. The van der Waals surface area contributed by atoms with Crippen LogP contribution < -0.4 is 4.74 Å². The number of aromatic nitrogens is 2. The van der Waals surface area contributed by atoms with Gasteiger partial charge in [0, 0.05) is 17.8 Å². The molecular formula is C15H13N3O2. The highest BCUT2D eigenvalue weighted by Gasteiger charge is 2.09. The number of nitrogens with zero attached hydrogens (tertiary/aromatic N) is 2. The topological polar surface area (TPSA) is 70.5 Å². The van der Waals surface area contributed by atoms with Crippen molar-refractivity contribution in [2.24, 2.45) is 4.99 Å². The number of ether oxygens (including phenoxy) is 1. The van der Waals surface area contributed by atoms with Crippen LogP contribution in [-0.4, -0.2) is 28.4 Å². The van der Waals surface area contributed by atoms with Crippen molar-refractivity contribution in [3.63, 3.8) is 0 Å². The van der Waals surface area contributed by atoms with Crippen LogP contribution in [0.15, 0.2) is 47.6 Å². The molecule has 0 radical (unpaired) electrons. The van der Waals surface area contributed by atoms with Crippen molar-refractivity contribution in [2.75, 3.05) is 7.11 Å². The van der Waals surface area contributed by atoms with E-state index in [1.807, 2.05) is 36.4 Å². The minimum Gasteiger partial charge on any atom is -0.494 e. The third-order valence-corrected chi connectivity index (χ3v) is 3.01. The van der Waals surface area contributed by atoms with Gasteiger partial charge in [0.2, 0.25) is 0 Å². The van der Waals surface area contributed by atoms with E-state index in [0.29, 0.717) is 22.6 Å². The molecule has 0 saturated heterocycles. The molecule has 0 bridgehead atoms. The highest BCUT2D eigenvalue weighted by molar-refractivity contribution is 6.01. The smallest absolute Gasteiger partial charge is 0.199 e. The first-order valence-electron chi connectivity index (χ1n) is 6.12. The number of rotatable bonds is 3. The number of methoxy groups -OCH3 is 1. The summed E-state index contributed by atoms with van der Waals surface area (Å²) in [6.45, 7) is 0. The Hall–Kier alpha value is -2.82. The van der Waals surface area contributed by atoms with Crippen molar-refractivity contribution < 1.29 is 9.84 Å². The molecule has 3 aromatic rings. The second-order valence-electron chi connectivity index (χ2n) is 4.22. The van der Waals surface area contributed by atoms with Crippen molar-refractivity contribution in [3.8, 4) is 11.6 Å². The van der Waals surface area contributed by atoms with Gasteiger partial charge in [0.25, 0.3) is 0 Å². The summed E-state index contributed by atoms with van der Waals surface area (Å²) in [6.07, 6.45) is 3.27. The Kier molecular flexibility index (Phi) is 3.09. The molecule has 100 valence electrons. The van der Waals surface area contributed by atoms with Crippen molar-refractivity contribution in [1.29, 1.82) is 0 Å². The Morgan fingerprint density at radius 3 is 2.95 bits per heavy atom. The summed E-state index contributed by atoms with van der Waals surface area (Å²) in [5.41, 5.74) is 1.94. The number of aromatic amines is 1. The molecule has 0 atom stereocenters. The standard InChI is InChI=1S/C15H13N3O2/c1-20-13-7-3-2-6-12(13)17-9-11-10-5-4-8-16-14(10)18-15(11)19/h2-9,19H,1H3,(H,16,18). The van der Waals surface area contributed by atoms with Crippen LogP contribution in [0.2, 0.25) is 0 Å². The molecule has 0 saturated carbocycles. The number of hydrogen-bond donors (Lipinski definition) is 2. The molecule has 20 heavy (non-hydrogen) atoms. The quantitative estimate of drug-likeness (QED) is 0.716. The second-order valence-corrected chi connectivity index (χ2v) is 4.22. The van der Waals surface area contributed by atoms with Crippen LogP contribution in [0.25, 0.3) is 11.0 Å². The number of aromatic hydroxyl groups is 1. The zero-order chi connectivity index (χ0) is 13.9. The van der Waals surface area contributed by atoms with E-state index in [-0.39, 0.29) is 5.88 Å². The van der Waals surface area contributed by atoms with E-state index in [2.05, 4.69) is 15.0 Å². The van der Waals surface area contributed by atoms with Gasteiger partial charge in [-0.1, -0.05) is 12.1 Å². The predicted molar refractivity (Wildman–Crippen MR) is 78.0 cm³/mol. The third kappa shape index (κ3) is 2.09. The molecule has 3 rings (SSSR count). The minimum atomic E-state index is 0.0531. The Bertz CT molecular complexity index is 778. The first-order chi connectivity index (χ1) is 9.79. The van der Waals surface area contributed by atoms with E-state index in [1.54, 1.807) is 19.5 Å². The third-order valence-electron chi connectivity index (χ3n) is 3.01. The van der Waals surface area contributed by atoms with E-state index < -0.39 is 0 Å². The van der Waals surface area contributed by atoms with Crippen LogP contribution in [0.3, 0.4) is 0 Å². The number of pyridine rings is 1. The molecule has 2 N–H and O–H groups in total. The van der Waals surface area contributed by atoms with Crippen molar-refractivity contribution >= 4 is 22.9 Å². The van der Waals surface area contributed by atoms with Crippen LogP contribution in [-0.2, 0) is 0 Å². The van der Waals surface area contributed by atoms with Crippen LogP contribution in [0, 0.1) is 0 Å². The van der Waals surface area contributed by atoms with Crippen LogP contribution in [0.5, 0.6) is 11.6 Å². The Morgan fingerprint density at radius 2 is 2.10 bits per heavy atom. The van der Waals surface area contributed by atoms with Crippen LogP contribution >= 0.6 is 0 Å². The minimum absolute atomic E-state index is 0.0531. The highest BCUT2D eigenvalue weighted by Crippen LogP contribution is 2.28. The van der Waals surface area contributed by atoms with E-state index in [1.165, 1.54) is 0 Å². The van der Waals surface area contributed by atoms with Gasteiger partial charge < -0.3 is 14.8 Å². The Morgan fingerprint density at radius 1 is 1.25 bits per heavy atom. The molecule has 5 heteroatoms. The van der Waals surface area contributed by atoms with Gasteiger partial charge in [0.05, 0.1) is 12.7 Å². The van der Waals surface area contributed by atoms with Crippen molar-refractivity contribution in [2.45, 2.75) is 0 Å². The Labute approximate surface area is 115 Å². The number of hydrogen-bond acceptors (Lipinski definition) is 4. The molecular weight excluding hydrogens is 254 g/mol. The molecule has 5 nitrogen and oxygen atoms in total. The normalized spacial score (nSPS) is 11.2. The highest BCUT2D eigenvalue weighted by atomic mass is 16.5. The maximum atomic E-state index is 9.92. The molecule has 0 aliphatic heterocycles. The van der Waals surface area contributed by atoms with Gasteiger partial charge in [-0.05, 0) is 24.3 Å². The monoisotopic (exact) mass is 267 g/mol. The number of fused-ring (bicyclic) bond motifs is 1. The van der Waals surface area contributed by atoms with Crippen molar-refractivity contribution in [1.82, 2.24) is 9.97 Å². The maximum absolute atomic E-state index is 9.92. The van der Waals surface area contributed by atoms with Gasteiger partial charge in [-0.25, -0.2) is 4.98 Å². The molecule has 0 amide bonds. The largest absolute Gasteiger partial charge is 0.494 e. The molecule has 0 aliphatic carbocycles. The summed E-state index contributed by atoms with van der Waals surface area (Å²) in [7, 11) is 1.60. The summed E-state index contributed by atoms with van der Waals surface area (Å²) in [5.74, 6) is 0.735. The number of H-pyrrole nitrogens is 1. The maximum Gasteiger partial charge on any atom is 0.199 e. The fourth-order valence-corrected chi connectivity index (χ4v) is 2.03. The number of aliphatic imine (C=N–C) groups is 1. The van der Waals surface area contributed by atoms with Gasteiger partial charge in [0.15, 0.2) is 5.88 Å². The predicted octanol–water partition coefficient (Wildman–Crippen LogP) is 3.03. The van der Waals surface area contributed by atoms with E-state index in [4.69, 9.17) is 4.74 Å². The van der Waals surface area contributed by atoms with E-state index >= 15 is 0 Å². The Balaban J connectivity index is 2.05. The van der Waals surface area contributed by atoms with Crippen molar-refractivity contribution in [3.05, 3.63) is 48.2 Å². The molecule has 1 aromatic carbocycles. The lowest BCUT2D eigenvalue weighted by Gasteiger charge is -2.02. The van der Waals surface area contributed by atoms with E-state index in [0.717, 1.165) is 5.39 Å². The zero-order valence-electron chi connectivity index (χ0n) is 10.9. The fraction of sp³-hybridized carbons (Fsp3) is 0.0667. The molecule has 2 heterocycles. The zero-order valence-corrected chi connectivity index (χ0v) is 10.9. The van der Waals surface area contributed by atoms with Gasteiger partial charge in [0.1, 0.15) is 17.1 Å². The van der Waals surface area contributed by atoms with Gasteiger partial charge in [-0.3, -0.25) is 4.99 Å². The van der Waals surface area contributed by atoms with Gasteiger partial charge in [-0.15, -0.1) is 0 Å². The van der Waals surface area contributed by atoms with Gasteiger partial charge >= 0.3 is 0 Å². The first kappa shape index (κ1) is 12.2. The fourth-order valence-electron chi connectivity index (χ4n) is 2.03. The second kappa shape index (κ2) is 5.05. The number of benzene rings is 1. The lowest BCUT2D eigenvalue weighted by Crippen LogP contribution is -1.84. The SMILES string of the molecule is COc1ccccc1N=Cc1c(O)[nH]c2ncccc12. The molecule has 0 unspecified atom stereocenters. The number of para-hydroxylation sites is 2. The van der Waals surface area contributed by atoms with Crippen LogP contribution in [0.1, 0.15) is 5.56 Å². The summed E-state index contributed by atoms with van der Waals surface area (Å²) >= 11 is 0. The number of nitrogens with one attached hydrogen (secondary N) is 1. The van der Waals surface area contributed by atoms with Crippen LogP contribution in [0.4, 0.5) is 5.69 Å². The summed E-state index contributed by atoms with van der Waals surface area (Å²) in [6, 6.07) is 11.1. The molecule has 2 aromatic heterocycles. The lowest BCUT2D eigenvalue weighted by atomic mass is 10.2. The average molecular weight is 267 g/mol. The molecule has 0 spiro atoms. The summed E-state index contributed by atoms with van der Waals surface area (Å²) < 4.78 is 5.24. The van der Waals surface area contributed by atoms with Gasteiger partial charge in [-0.2, -0.15) is 0 Å². The molecule has 0 fully saturated rings. The first-order valence-corrected chi connectivity index (χ1v) is 6.12. The van der Waals surface area contributed by atoms with E-state index in [9.17, 15) is 5.11 Å². The lowest BCUT2D eigenvalue weighted by molar-refractivity contribution is 0.416. The average Bonchev–Trinajstić information content (AvgIpc) is 2.81. The summed E-state index contributed by atoms with van der Waals surface area (Å²) in [4.78, 5) is 11.3.